The van der Waals surface area contributed by atoms with Crippen LogP contribution in [0.3, 0.4) is 0 Å². The van der Waals surface area contributed by atoms with Gasteiger partial charge in [0.2, 0.25) is 10.0 Å². The molecule has 0 bridgehead atoms. The smallest absolute Gasteiger partial charge is 0.275 e. The second kappa shape index (κ2) is 8.36. The number of carbonyl (C=O) groups excluding carboxylic acids is 1. The quantitative estimate of drug-likeness (QED) is 0.569. The molecule has 12 heteroatoms. The van der Waals surface area contributed by atoms with Crippen molar-refractivity contribution >= 4 is 49.0 Å². The minimum atomic E-state index is -3.71. The number of benzene rings is 1. The number of carbonyl (C=O) groups is 1. The summed E-state index contributed by atoms with van der Waals surface area (Å²) in [5.41, 5.74) is 1.01. The van der Waals surface area contributed by atoms with Gasteiger partial charge in [0.25, 0.3) is 5.91 Å². The summed E-state index contributed by atoms with van der Waals surface area (Å²) in [6.45, 7) is 2.69. The van der Waals surface area contributed by atoms with E-state index in [9.17, 15) is 17.6 Å². The third-order valence-corrected chi connectivity index (χ3v) is 6.34. The summed E-state index contributed by atoms with van der Waals surface area (Å²) >= 11 is 1.05. The van der Waals surface area contributed by atoms with E-state index in [-0.39, 0.29) is 11.0 Å². The van der Waals surface area contributed by atoms with E-state index in [1.54, 1.807) is 6.92 Å². The summed E-state index contributed by atoms with van der Waals surface area (Å²) in [4.78, 5) is 21.6. The van der Waals surface area contributed by atoms with Crippen LogP contribution in [0.15, 0.2) is 24.5 Å². The molecule has 0 radical (unpaired) electrons. The normalized spacial score (nSPS) is 16.4. The summed E-state index contributed by atoms with van der Waals surface area (Å²) in [6.07, 6.45) is 2.76. The Morgan fingerprint density at radius 1 is 1.35 bits per heavy atom. The number of nitrogens with one attached hydrogen (secondary N) is 2. The van der Waals surface area contributed by atoms with Crippen molar-refractivity contribution in [2.45, 2.75) is 19.4 Å². The van der Waals surface area contributed by atoms with Crippen LogP contribution in [0.1, 0.15) is 21.7 Å². The van der Waals surface area contributed by atoms with Gasteiger partial charge < -0.3 is 14.8 Å². The SMILES string of the molecule is Cc1c(C(=O)NS(C)(=O)=O)sc2ncnc(Nc3ccc(F)cc3OC3CCOC3)c12. The first-order chi connectivity index (χ1) is 14.7. The highest BCUT2D eigenvalue weighted by Gasteiger charge is 2.23. The van der Waals surface area contributed by atoms with Gasteiger partial charge in [0.05, 0.1) is 35.4 Å². The number of amides is 1. The first-order valence-corrected chi connectivity index (χ1v) is 12.0. The van der Waals surface area contributed by atoms with E-state index in [2.05, 4.69) is 15.3 Å². The maximum Gasteiger partial charge on any atom is 0.275 e. The highest BCUT2D eigenvalue weighted by Crippen LogP contribution is 2.37. The molecule has 1 atom stereocenters. The van der Waals surface area contributed by atoms with Gasteiger partial charge in [-0.25, -0.2) is 27.5 Å². The highest BCUT2D eigenvalue weighted by atomic mass is 32.2. The monoisotopic (exact) mass is 466 g/mol. The number of thiophene rings is 1. The molecular weight excluding hydrogens is 447 g/mol. The van der Waals surface area contributed by atoms with E-state index >= 15 is 0 Å². The molecule has 1 saturated heterocycles. The summed E-state index contributed by atoms with van der Waals surface area (Å²) in [5.74, 6) is -0.485. The van der Waals surface area contributed by atoms with Crippen LogP contribution in [-0.4, -0.2) is 49.9 Å². The molecule has 9 nitrogen and oxygen atoms in total. The summed E-state index contributed by atoms with van der Waals surface area (Å²) < 4.78 is 49.9. The van der Waals surface area contributed by atoms with Crippen molar-refractivity contribution in [3.05, 3.63) is 40.8 Å². The topological polar surface area (TPSA) is 120 Å². The Balaban J connectivity index is 1.70. The number of ether oxygens (including phenoxy) is 2. The van der Waals surface area contributed by atoms with E-state index < -0.39 is 21.7 Å². The molecule has 1 unspecified atom stereocenters. The second-order valence-electron chi connectivity index (χ2n) is 7.03. The number of aromatic nitrogens is 2. The Morgan fingerprint density at radius 3 is 2.87 bits per heavy atom. The Hall–Kier alpha value is -2.83. The largest absolute Gasteiger partial charge is 0.486 e. The lowest BCUT2D eigenvalue weighted by Gasteiger charge is -2.17. The molecule has 1 amide bonds. The first-order valence-electron chi connectivity index (χ1n) is 9.28. The summed E-state index contributed by atoms with van der Waals surface area (Å²) in [7, 11) is -3.71. The number of aryl methyl sites for hydroxylation is 1. The van der Waals surface area contributed by atoms with Crippen LogP contribution < -0.4 is 14.8 Å². The number of hydrogen-bond acceptors (Lipinski definition) is 9. The van der Waals surface area contributed by atoms with E-state index in [0.29, 0.717) is 52.7 Å². The van der Waals surface area contributed by atoms with Crippen LogP contribution in [0.5, 0.6) is 5.75 Å². The number of anilines is 2. The Labute approximate surface area is 181 Å². The lowest BCUT2D eigenvalue weighted by molar-refractivity contribution is 0.0985. The minimum absolute atomic E-state index is 0.179. The van der Waals surface area contributed by atoms with Crippen molar-refractivity contribution in [3.63, 3.8) is 0 Å². The molecule has 0 spiro atoms. The number of rotatable bonds is 6. The number of halogens is 1. The Kier molecular flexibility index (Phi) is 5.77. The lowest BCUT2D eigenvalue weighted by atomic mass is 10.2. The molecule has 0 saturated carbocycles. The van der Waals surface area contributed by atoms with Crippen molar-refractivity contribution in [1.82, 2.24) is 14.7 Å². The molecule has 3 heterocycles. The van der Waals surface area contributed by atoms with E-state index in [4.69, 9.17) is 9.47 Å². The molecule has 164 valence electrons. The zero-order chi connectivity index (χ0) is 22.2. The van der Waals surface area contributed by atoms with E-state index in [1.165, 1.54) is 24.5 Å². The van der Waals surface area contributed by atoms with Crippen LogP contribution >= 0.6 is 11.3 Å². The average molecular weight is 467 g/mol. The molecule has 31 heavy (non-hydrogen) atoms. The third kappa shape index (κ3) is 4.75. The van der Waals surface area contributed by atoms with Gasteiger partial charge >= 0.3 is 0 Å². The van der Waals surface area contributed by atoms with Gasteiger partial charge in [0.15, 0.2) is 0 Å². The molecule has 1 aliphatic heterocycles. The average Bonchev–Trinajstić information content (AvgIpc) is 3.31. The van der Waals surface area contributed by atoms with Gasteiger partial charge in [0.1, 0.15) is 34.6 Å². The molecule has 1 fully saturated rings. The van der Waals surface area contributed by atoms with Gasteiger partial charge in [-0.05, 0) is 24.6 Å². The number of sulfonamides is 1. The zero-order valence-electron chi connectivity index (χ0n) is 16.6. The molecule has 1 aromatic carbocycles. The van der Waals surface area contributed by atoms with Crippen LogP contribution in [-0.2, 0) is 14.8 Å². The summed E-state index contributed by atoms with van der Waals surface area (Å²) in [5, 5.41) is 3.69. The predicted molar refractivity (Wildman–Crippen MR) is 114 cm³/mol. The number of fused-ring (bicyclic) bond motifs is 1. The van der Waals surface area contributed by atoms with Gasteiger partial charge in [-0.15, -0.1) is 11.3 Å². The van der Waals surface area contributed by atoms with Crippen molar-refractivity contribution in [1.29, 1.82) is 0 Å². The molecule has 2 aromatic heterocycles. The maximum absolute atomic E-state index is 13.8. The number of hydrogen-bond donors (Lipinski definition) is 2. The Morgan fingerprint density at radius 2 is 2.16 bits per heavy atom. The van der Waals surface area contributed by atoms with E-state index in [1.807, 2.05) is 4.72 Å². The fourth-order valence-corrected chi connectivity index (χ4v) is 4.75. The number of nitrogens with zero attached hydrogens (tertiary/aromatic N) is 2. The molecule has 1 aliphatic rings. The standard InChI is InChI=1S/C19H19FN4O5S2/c1-10-15-17(21-9-22-19(15)30-16(10)18(25)24-31(2,26)27)23-13-4-3-11(20)7-14(13)29-12-5-6-28-8-12/h3-4,7,9,12H,5-6,8H2,1-2H3,(H,24,25)(H,21,22,23). The van der Waals surface area contributed by atoms with Gasteiger partial charge in [-0.3, -0.25) is 4.79 Å². The molecule has 4 rings (SSSR count). The van der Waals surface area contributed by atoms with Crippen molar-refractivity contribution in [3.8, 4) is 5.75 Å². The molecular formula is C19H19FN4O5S2. The van der Waals surface area contributed by atoms with Crippen molar-refractivity contribution in [2.24, 2.45) is 0 Å². The predicted octanol–water partition coefficient (Wildman–Crippen LogP) is 2.74. The van der Waals surface area contributed by atoms with Crippen molar-refractivity contribution in [2.75, 3.05) is 24.8 Å². The molecule has 0 aliphatic carbocycles. The first kappa shape index (κ1) is 21.4. The Bertz CT molecular complexity index is 1260. The van der Waals surface area contributed by atoms with Gasteiger partial charge in [0, 0.05) is 12.5 Å². The minimum Gasteiger partial charge on any atom is -0.486 e. The molecule has 2 N–H and O–H groups in total. The summed E-state index contributed by atoms with van der Waals surface area (Å²) in [6, 6.07) is 4.11. The third-order valence-electron chi connectivity index (χ3n) is 4.59. The molecule has 3 aromatic rings. The van der Waals surface area contributed by atoms with Crippen LogP contribution in [0, 0.1) is 12.7 Å². The van der Waals surface area contributed by atoms with Gasteiger partial charge in [-0.2, -0.15) is 0 Å². The van der Waals surface area contributed by atoms with E-state index in [0.717, 1.165) is 17.6 Å². The fraction of sp³-hybridized carbons (Fsp3) is 0.316. The van der Waals surface area contributed by atoms with Crippen LogP contribution in [0.4, 0.5) is 15.9 Å². The maximum atomic E-state index is 13.8. The van der Waals surface area contributed by atoms with Crippen LogP contribution in [0.2, 0.25) is 0 Å². The van der Waals surface area contributed by atoms with Crippen LogP contribution in [0.25, 0.3) is 10.2 Å². The fourth-order valence-electron chi connectivity index (χ4n) is 3.21. The van der Waals surface area contributed by atoms with Crippen molar-refractivity contribution < 1.29 is 27.1 Å². The second-order valence-corrected chi connectivity index (χ2v) is 9.78. The van der Waals surface area contributed by atoms with Gasteiger partial charge in [-0.1, -0.05) is 0 Å². The highest BCUT2D eigenvalue weighted by molar-refractivity contribution is 7.89. The zero-order valence-corrected chi connectivity index (χ0v) is 18.3. The lowest BCUT2D eigenvalue weighted by Crippen LogP contribution is -2.29.